The second-order valence-electron chi connectivity index (χ2n) is 20.8. The summed E-state index contributed by atoms with van der Waals surface area (Å²) >= 11 is 0. The van der Waals surface area contributed by atoms with Crippen molar-refractivity contribution in [1.82, 2.24) is 15.1 Å². The number of ether oxygens (including phenoxy) is 6. The number of carbonyl (C=O) groups is 7. The van der Waals surface area contributed by atoms with Crippen molar-refractivity contribution in [3.05, 3.63) is 0 Å². The van der Waals surface area contributed by atoms with Crippen LogP contribution in [0.1, 0.15) is 246 Å². The Kier molecular flexibility index (Phi) is 49.4. The van der Waals surface area contributed by atoms with Crippen molar-refractivity contribution in [3.63, 3.8) is 0 Å². The van der Waals surface area contributed by atoms with Crippen molar-refractivity contribution in [2.24, 2.45) is 11.8 Å². The van der Waals surface area contributed by atoms with Gasteiger partial charge in [0.25, 0.3) is 0 Å². The molecule has 0 rings (SSSR count). The summed E-state index contributed by atoms with van der Waals surface area (Å²) in [6.45, 7) is 8.81. The van der Waals surface area contributed by atoms with Gasteiger partial charge in [-0.15, -0.1) is 0 Å². The van der Waals surface area contributed by atoms with Crippen LogP contribution < -0.4 is 5.32 Å². The summed E-state index contributed by atoms with van der Waals surface area (Å²) < 4.78 is 33.4. The lowest BCUT2D eigenvalue weighted by atomic mass is 10.1. The molecule has 1 N–H and O–H groups in total. The van der Waals surface area contributed by atoms with Gasteiger partial charge in [-0.3, -0.25) is 28.8 Å². The SMILES string of the molecule is CCCCCCCCCC(=O)OCC(COC(=O)CCCCCCCCC)CC(=O)OCCN(CCOC(=O)CC(COC(=O)CCCCCCCCC)COC(=O)CCCCCCCCC)C(=O)NCCN(C)C. The van der Waals surface area contributed by atoms with Gasteiger partial charge in [-0.2, -0.15) is 0 Å². The Bertz CT molecular complexity index is 1290. The second-order valence-corrected chi connectivity index (χ2v) is 20.8. The largest absolute Gasteiger partial charge is 0.465 e. The zero-order valence-corrected chi connectivity index (χ0v) is 48.5. The average Bonchev–Trinajstić information content (AvgIpc) is 3.38. The maximum Gasteiger partial charge on any atom is 0.317 e. The topological polar surface area (TPSA) is 193 Å². The third kappa shape index (κ3) is 48.2. The standard InChI is InChI=1S/C59H109N3O13/c1-7-11-15-19-23-27-31-35-53(63)72-47-51(48-73-54(64)36-32-28-24-20-16-12-8-2)45-57(67)70-43-41-62(59(69)60-39-40-61(5)6)42-44-71-58(68)46-52(49-74-55(65)37-33-29-25-21-17-13-9-3)50-75-56(66)38-34-30-26-22-18-14-10-4/h51-52H,7-50H2,1-6H3,(H,60,69). The van der Waals surface area contributed by atoms with E-state index in [1.54, 1.807) is 0 Å². The quantitative estimate of drug-likeness (QED) is 0.0343. The third-order valence-electron chi connectivity index (χ3n) is 13.1. The van der Waals surface area contributed by atoms with E-state index < -0.39 is 29.8 Å². The summed E-state index contributed by atoms with van der Waals surface area (Å²) in [7, 11) is 3.76. The highest BCUT2D eigenvalue weighted by atomic mass is 16.6. The molecule has 75 heavy (non-hydrogen) atoms. The molecular weight excluding hydrogens is 959 g/mol. The molecule has 0 bridgehead atoms. The van der Waals surface area contributed by atoms with Crippen molar-refractivity contribution in [1.29, 1.82) is 0 Å². The summed E-state index contributed by atoms with van der Waals surface area (Å²) in [4.78, 5) is 93.8. The number of hydrogen-bond donors (Lipinski definition) is 1. The molecule has 0 saturated carbocycles. The van der Waals surface area contributed by atoms with E-state index >= 15 is 0 Å². The molecule has 0 radical (unpaired) electrons. The van der Waals surface area contributed by atoms with E-state index in [1.807, 2.05) is 19.0 Å². The Balaban J connectivity index is 5.53. The minimum Gasteiger partial charge on any atom is -0.465 e. The molecule has 0 atom stereocenters. The van der Waals surface area contributed by atoms with E-state index in [0.717, 1.165) is 103 Å². The molecule has 0 aromatic heterocycles. The molecule has 438 valence electrons. The predicted molar refractivity (Wildman–Crippen MR) is 296 cm³/mol. The van der Waals surface area contributed by atoms with Gasteiger partial charge >= 0.3 is 41.8 Å². The molecule has 0 spiro atoms. The van der Waals surface area contributed by atoms with Gasteiger partial charge in [0.2, 0.25) is 0 Å². The number of urea groups is 1. The predicted octanol–water partition coefficient (Wildman–Crippen LogP) is 12.4. The van der Waals surface area contributed by atoms with Gasteiger partial charge in [-0.1, -0.05) is 182 Å². The van der Waals surface area contributed by atoms with Crippen LogP contribution in [0, 0.1) is 11.8 Å². The molecule has 0 aliphatic rings. The van der Waals surface area contributed by atoms with E-state index in [2.05, 4.69) is 33.0 Å². The Morgan fingerprint density at radius 2 is 0.613 bits per heavy atom. The van der Waals surface area contributed by atoms with Gasteiger partial charge in [0.05, 0.1) is 52.4 Å². The van der Waals surface area contributed by atoms with Gasteiger partial charge in [0.15, 0.2) is 0 Å². The van der Waals surface area contributed by atoms with Crippen LogP contribution in [0.2, 0.25) is 0 Å². The fraction of sp³-hybridized carbons (Fsp3) is 0.881. The summed E-state index contributed by atoms with van der Waals surface area (Å²) in [5, 5.41) is 2.85. The first-order chi connectivity index (χ1) is 36.3. The lowest BCUT2D eigenvalue weighted by Crippen LogP contribution is -2.45. The van der Waals surface area contributed by atoms with Crippen molar-refractivity contribution in [2.45, 2.75) is 246 Å². The number of nitrogens with zero attached hydrogens (tertiary/aromatic N) is 2. The Morgan fingerprint density at radius 3 is 0.880 bits per heavy atom. The molecule has 16 heteroatoms. The smallest absolute Gasteiger partial charge is 0.317 e. The highest BCUT2D eigenvalue weighted by Crippen LogP contribution is 2.16. The summed E-state index contributed by atoms with van der Waals surface area (Å²) in [5.41, 5.74) is 0. The first-order valence-electron chi connectivity index (χ1n) is 30.0. The average molecular weight is 1070 g/mol. The van der Waals surface area contributed by atoms with Crippen LogP contribution in [0.4, 0.5) is 4.79 Å². The number of likely N-dealkylation sites (N-methyl/N-ethyl adjacent to an activating group) is 1. The Morgan fingerprint density at radius 1 is 0.347 bits per heavy atom. The molecule has 2 amide bonds. The molecule has 0 aliphatic carbocycles. The molecule has 0 unspecified atom stereocenters. The maximum absolute atomic E-state index is 13.4. The Labute approximate surface area is 455 Å². The van der Waals surface area contributed by atoms with Gasteiger partial charge in [0.1, 0.15) is 13.2 Å². The van der Waals surface area contributed by atoms with Crippen molar-refractivity contribution in [3.8, 4) is 0 Å². The Hall–Kier alpha value is -3.95. The number of nitrogens with one attached hydrogen (secondary N) is 1. The van der Waals surface area contributed by atoms with E-state index in [1.165, 1.54) is 81.9 Å². The zero-order valence-electron chi connectivity index (χ0n) is 48.5. The molecule has 0 aromatic rings. The number of carbonyl (C=O) groups excluding carboxylic acids is 7. The lowest BCUT2D eigenvalue weighted by molar-refractivity contribution is -0.155. The van der Waals surface area contributed by atoms with Crippen LogP contribution >= 0.6 is 0 Å². The maximum atomic E-state index is 13.4. The fourth-order valence-electron chi connectivity index (χ4n) is 8.31. The van der Waals surface area contributed by atoms with Crippen LogP contribution in [0.15, 0.2) is 0 Å². The van der Waals surface area contributed by atoms with Crippen molar-refractivity contribution >= 4 is 41.8 Å². The van der Waals surface area contributed by atoms with Crippen LogP contribution in [0.3, 0.4) is 0 Å². The highest BCUT2D eigenvalue weighted by molar-refractivity contribution is 5.75. The number of rotatable bonds is 53. The molecule has 0 fully saturated rings. The monoisotopic (exact) mass is 1070 g/mol. The molecule has 0 heterocycles. The summed E-state index contributed by atoms with van der Waals surface area (Å²) in [6.07, 6.45) is 30.5. The minimum absolute atomic E-state index is 0.0192. The summed E-state index contributed by atoms with van der Waals surface area (Å²) in [5.74, 6) is -3.91. The number of esters is 6. The van der Waals surface area contributed by atoms with Gasteiger partial charge in [-0.05, 0) is 39.8 Å². The fourth-order valence-corrected chi connectivity index (χ4v) is 8.31. The normalized spacial score (nSPS) is 11.2. The van der Waals surface area contributed by atoms with Crippen LogP contribution in [0.25, 0.3) is 0 Å². The molecule has 0 saturated heterocycles. The summed E-state index contributed by atoms with van der Waals surface area (Å²) in [6, 6.07) is -0.443. The zero-order chi connectivity index (χ0) is 55.4. The lowest BCUT2D eigenvalue weighted by Gasteiger charge is -2.24. The number of amides is 2. The van der Waals surface area contributed by atoms with E-state index in [-0.39, 0.29) is 115 Å². The molecular formula is C59H109N3O13. The first kappa shape index (κ1) is 71.0. The first-order valence-corrected chi connectivity index (χ1v) is 30.0. The third-order valence-corrected chi connectivity index (χ3v) is 13.1. The molecule has 0 aromatic carbocycles. The minimum atomic E-state index is -0.621. The van der Waals surface area contributed by atoms with E-state index in [9.17, 15) is 33.6 Å². The van der Waals surface area contributed by atoms with Crippen LogP contribution in [0.5, 0.6) is 0 Å². The van der Waals surface area contributed by atoms with E-state index in [0.29, 0.717) is 13.1 Å². The van der Waals surface area contributed by atoms with E-state index in [4.69, 9.17) is 28.4 Å². The van der Waals surface area contributed by atoms with Gasteiger partial charge in [-0.25, -0.2) is 4.79 Å². The van der Waals surface area contributed by atoms with Crippen molar-refractivity contribution in [2.75, 3.05) is 79.9 Å². The van der Waals surface area contributed by atoms with Gasteiger partial charge < -0.3 is 43.5 Å². The van der Waals surface area contributed by atoms with Crippen LogP contribution in [-0.4, -0.2) is 132 Å². The van der Waals surface area contributed by atoms with Crippen LogP contribution in [-0.2, 0) is 57.2 Å². The molecule has 0 aliphatic heterocycles. The molecule has 16 nitrogen and oxygen atoms in total. The second kappa shape index (κ2) is 52.1. The number of hydrogen-bond acceptors (Lipinski definition) is 14. The van der Waals surface area contributed by atoms with Gasteiger partial charge in [0, 0.05) is 50.6 Å². The van der Waals surface area contributed by atoms with Crippen molar-refractivity contribution < 1.29 is 62.0 Å². The highest BCUT2D eigenvalue weighted by Gasteiger charge is 2.23. The number of unbranched alkanes of at least 4 members (excludes halogenated alkanes) is 24.